The number of nitrogens with zero attached hydrogens (tertiary/aromatic N) is 4. The third-order valence-electron chi connectivity index (χ3n) is 6.19. The van der Waals surface area contributed by atoms with Gasteiger partial charge in [0.25, 0.3) is 0 Å². The number of nitrogens with one attached hydrogen (secondary N) is 3. The number of para-hydroxylation sites is 2. The number of hydrogen-bond acceptors (Lipinski definition) is 4. The fourth-order valence-electron chi connectivity index (χ4n) is 4.20. The maximum Gasteiger partial charge on any atom is 0.192 e. The zero-order chi connectivity index (χ0) is 22.6. The van der Waals surface area contributed by atoms with Crippen molar-refractivity contribution in [1.29, 1.82) is 0 Å². The summed E-state index contributed by atoms with van der Waals surface area (Å²) in [6, 6.07) is 16.7. The van der Waals surface area contributed by atoms with Crippen LogP contribution < -0.4 is 15.4 Å². The Morgan fingerprint density at radius 1 is 1.18 bits per heavy atom. The number of rotatable bonds is 6. The van der Waals surface area contributed by atoms with E-state index in [-0.39, 0.29) is 30.0 Å². The van der Waals surface area contributed by atoms with Gasteiger partial charge in [0, 0.05) is 42.7 Å². The maximum absolute atomic E-state index is 5.83. The molecular weight excluding hydrogens is 541 g/mol. The van der Waals surface area contributed by atoms with Crippen molar-refractivity contribution in [2.24, 2.45) is 12.0 Å². The first-order valence-electron chi connectivity index (χ1n) is 11.4. The van der Waals surface area contributed by atoms with E-state index < -0.39 is 0 Å². The van der Waals surface area contributed by atoms with Crippen LogP contribution in [0.2, 0.25) is 0 Å². The number of guanidine groups is 1. The van der Waals surface area contributed by atoms with Crippen LogP contribution in [0.3, 0.4) is 0 Å². The Kier molecular flexibility index (Phi) is 7.71. The van der Waals surface area contributed by atoms with Crippen molar-refractivity contribution in [3.8, 4) is 5.75 Å². The van der Waals surface area contributed by atoms with Gasteiger partial charge in [-0.15, -0.1) is 34.2 Å². The van der Waals surface area contributed by atoms with Crippen LogP contribution in [0, 0.1) is 6.92 Å². The van der Waals surface area contributed by atoms with E-state index in [2.05, 4.69) is 62.3 Å². The van der Waals surface area contributed by atoms with Crippen LogP contribution >= 0.6 is 24.0 Å². The van der Waals surface area contributed by atoms with E-state index in [1.165, 1.54) is 10.9 Å². The third-order valence-corrected chi connectivity index (χ3v) is 6.19. The van der Waals surface area contributed by atoms with Gasteiger partial charge in [0.2, 0.25) is 0 Å². The summed E-state index contributed by atoms with van der Waals surface area (Å²) in [6.07, 6.45) is 3.86. The molecule has 0 saturated heterocycles. The van der Waals surface area contributed by atoms with Gasteiger partial charge >= 0.3 is 0 Å². The molecular formula is C25H30IN7O. The predicted molar refractivity (Wildman–Crippen MR) is 145 cm³/mol. The van der Waals surface area contributed by atoms with Crippen LogP contribution in [0.5, 0.6) is 5.75 Å². The first kappa shape index (κ1) is 24.1. The van der Waals surface area contributed by atoms with Gasteiger partial charge in [-0.3, -0.25) is 0 Å². The number of aryl methyl sites for hydroxylation is 1. The Labute approximate surface area is 216 Å². The van der Waals surface area contributed by atoms with Crippen molar-refractivity contribution in [1.82, 2.24) is 30.4 Å². The molecule has 0 bridgehead atoms. The van der Waals surface area contributed by atoms with Gasteiger partial charge < -0.3 is 24.9 Å². The summed E-state index contributed by atoms with van der Waals surface area (Å²) in [7, 11) is 1.96. The molecule has 0 amide bonds. The number of aromatic nitrogens is 4. The standard InChI is InChI=1S/C25H29N7O.HI/c1-17-30-31-24(32(17)2)16-28-25(29-22-12-14-33-23-10-6-4-8-20(22)23)26-13-11-18-15-27-21-9-5-3-7-19(18)21;/h3-10,15,22,27H,11-14,16H2,1-2H3,(H2,26,28,29);1H. The molecule has 3 N–H and O–H groups in total. The van der Waals surface area contributed by atoms with Crippen LogP contribution in [0.25, 0.3) is 10.9 Å². The van der Waals surface area contributed by atoms with E-state index in [4.69, 9.17) is 9.73 Å². The monoisotopic (exact) mass is 571 g/mol. The normalized spacial score (nSPS) is 15.4. The van der Waals surface area contributed by atoms with Crippen molar-refractivity contribution >= 4 is 40.8 Å². The van der Waals surface area contributed by atoms with Crippen LogP contribution in [-0.4, -0.2) is 38.9 Å². The SMILES string of the molecule is Cc1nnc(CN=C(NCCc2c[nH]c3ccccc23)NC2CCOc3ccccc32)n1C.I. The number of hydrogen-bond donors (Lipinski definition) is 3. The first-order chi connectivity index (χ1) is 16.2. The Morgan fingerprint density at radius 2 is 2.00 bits per heavy atom. The van der Waals surface area contributed by atoms with Crippen molar-refractivity contribution < 1.29 is 4.74 Å². The minimum absolute atomic E-state index is 0. The molecule has 5 rings (SSSR count). The molecule has 178 valence electrons. The average Bonchev–Trinajstić information content (AvgIpc) is 3.40. The molecule has 1 atom stereocenters. The zero-order valence-corrected chi connectivity index (χ0v) is 21.7. The van der Waals surface area contributed by atoms with E-state index in [0.29, 0.717) is 13.2 Å². The lowest BCUT2D eigenvalue weighted by Gasteiger charge is -2.28. The smallest absolute Gasteiger partial charge is 0.192 e. The highest BCUT2D eigenvalue weighted by Crippen LogP contribution is 2.31. The van der Waals surface area contributed by atoms with Crippen LogP contribution in [-0.2, 0) is 20.0 Å². The zero-order valence-electron chi connectivity index (χ0n) is 19.4. The molecule has 0 spiro atoms. The summed E-state index contributed by atoms with van der Waals surface area (Å²) in [5, 5.41) is 16.8. The number of halogens is 1. The number of aliphatic imine (C=N–C) groups is 1. The highest BCUT2D eigenvalue weighted by molar-refractivity contribution is 14.0. The summed E-state index contributed by atoms with van der Waals surface area (Å²) < 4.78 is 7.80. The second-order valence-corrected chi connectivity index (χ2v) is 8.30. The minimum atomic E-state index is 0. The highest BCUT2D eigenvalue weighted by atomic mass is 127. The Balaban J connectivity index is 0.00000274. The van der Waals surface area contributed by atoms with E-state index in [1.807, 2.05) is 36.7 Å². The van der Waals surface area contributed by atoms with Crippen LogP contribution in [0.1, 0.15) is 35.2 Å². The largest absolute Gasteiger partial charge is 0.493 e. The molecule has 2 aromatic carbocycles. The number of aromatic amines is 1. The van der Waals surface area contributed by atoms with E-state index in [1.54, 1.807) is 0 Å². The molecule has 4 aromatic rings. The topological polar surface area (TPSA) is 92.2 Å². The molecule has 9 heteroatoms. The number of benzene rings is 2. The Morgan fingerprint density at radius 3 is 2.85 bits per heavy atom. The van der Waals surface area contributed by atoms with Crippen molar-refractivity contribution in [3.05, 3.63) is 77.5 Å². The molecule has 3 heterocycles. The summed E-state index contributed by atoms with van der Waals surface area (Å²) in [6.45, 7) is 3.83. The van der Waals surface area contributed by atoms with Gasteiger partial charge in [0.05, 0.1) is 12.6 Å². The summed E-state index contributed by atoms with van der Waals surface area (Å²) in [5.74, 6) is 3.40. The molecule has 1 unspecified atom stereocenters. The van der Waals surface area contributed by atoms with E-state index >= 15 is 0 Å². The van der Waals surface area contributed by atoms with Crippen LogP contribution in [0.15, 0.2) is 59.7 Å². The second kappa shape index (κ2) is 10.9. The predicted octanol–water partition coefficient (Wildman–Crippen LogP) is 4.02. The van der Waals surface area contributed by atoms with Gasteiger partial charge in [-0.05, 0) is 31.0 Å². The van der Waals surface area contributed by atoms with E-state index in [0.717, 1.165) is 53.8 Å². The lowest BCUT2D eigenvalue weighted by molar-refractivity contribution is 0.261. The van der Waals surface area contributed by atoms with Crippen molar-refractivity contribution in [2.75, 3.05) is 13.2 Å². The fourth-order valence-corrected chi connectivity index (χ4v) is 4.20. The van der Waals surface area contributed by atoms with Gasteiger partial charge in [0.15, 0.2) is 11.8 Å². The number of ether oxygens (including phenoxy) is 1. The molecule has 2 aromatic heterocycles. The molecule has 8 nitrogen and oxygen atoms in total. The first-order valence-corrected chi connectivity index (χ1v) is 11.4. The summed E-state index contributed by atoms with van der Waals surface area (Å²) in [5.41, 5.74) is 3.61. The lowest BCUT2D eigenvalue weighted by atomic mass is 10.0. The second-order valence-electron chi connectivity index (χ2n) is 8.30. The fraction of sp³-hybridized carbons (Fsp3) is 0.320. The van der Waals surface area contributed by atoms with Gasteiger partial charge in [-0.2, -0.15) is 0 Å². The van der Waals surface area contributed by atoms with Crippen molar-refractivity contribution in [3.63, 3.8) is 0 Å². The Hall–Kier alpha value is -3.08. The number of fused-ring (bicyclic) bond motifs is 2. The molecule has 34 heavy (non-hydrogen) atoms. The minimum Gasteiger partial charge on any atom is -0.493 e. The van der Waals surface area contributed by atoms with Gasteiger partial charge in [0.1, 0.15) is 18.1 Å². The molecule has 1 aliphatic heterocycles. The summed E-state index contributed by atoms with van der Waals surface area (Å²) in [4.78, 5) is 8.19. The maximum atomic E-state index is 5.83. The van der Waals surface area contributed by atoms with Crippen LogP contribution in [0.4, 0.5) is 0 Å². The quantitative estimate of drug-likeness (QED) is 0.185. The molecule has 1 aliphatic rings. The lowest BCUT2D eigenvalue weighted by Crippen LogP contribution is -2.42. The molecule has 0 saturated carbocycles. The number of H-pyrrole nitrogens is 1. The Bertz CT molecular complexity index is 1280. The van der Waals surface area contributed by atoms with E-state index in [9.17, 15) is 0 Å². The molecule has 0 radical (unpaired) electrons. The molecule has 0 aliphatic carbocycles. The summed E-state index contributed by atoms with van der Waals surface area (Å²) >= 11 is 0. The van der Waals surface area contributed by atoms with Gasteiger partial charge in [-0.25, -0.2) is 4.99 Å². The highest BCUT2D eigenvalue weighted by Gasteiger charge is 2.22. The van der Waals surface area contributed by atoms with Gasteiger partial charge in [-0.1, -0.05) is 36.4 Å². The average molecular weight is 571 g/mol. The van der Waals surface area contributed by atoms with Crippen molar-refractivity contribution in [2.45, 2.75) is 32.4 Å². The molecule has 0 fully saturated rings. The third kappa shape index (κ3) is 5.19.